The molecule has 3 rings (SSSR count). The number of aromatic nitrogens is 3. The molecule has 0 spiro atoms. The molecule has 0 aliphatic rings. The number of pyridine rings is 1. The lowest BCUT2D eigenvalue weighted by Crippen LogP contribution is -2.08. The molecule has 0 radical (unpaired) electrons. The molecule has 0 saturated heterocycles. The molecule has 0 aliphatic carbocycles. The number of halogens is 2. The summed E-state index contributed by atoms with van der Waals surface area (Å²) < 4.78 is 51.1. The molecular weight excluding hydrogens is 374 g/mol. The van der Waals surface area contributed by atoms with Crippen molar-refractivity contribution in [3.05, 3.63) is 65.5 Å². The Bertz CT molecular complexity index is 1030. The van der Waals surface area contributed by atoms with Gasteiger partial charge in [-0.25, -0.2) is 26.9 Å². The second-order valence-electron chi connectivity index (χ2n) is 6.04. The second-order valence-corrected chi connectivity index (χ2v) is 8.00. The maximum Gasteiger partial charge on any atom is 0.282 e. The van der Waals surface area contributed by atoms with Gasteiger partial charge in [0.2, 0.25) is 0 Å². The highest BCUT2D eigenvalue weighted by Crippen LogP contribution is 2.30. The number of rotatable bonds is 6. The first-order valence-corrected chi connectivity index (χ1v) is 9.98. The Morgan fingerprint density at radius 2 is 1.85 bits per heavy atom. The Balaban J connectivity index is 1.99. The zero-order valence-corrected chi connectivity index (χ0v) is 15.5. The van der Waals surface area contributed by atoms with E-state index in [1.165, 1.54) is 23.0 Å². The molecule has 0 aliphatic heterocycles. The van der Waals surface area contributed by atoms with E-state index >= 15 is 0 Å². The van der Waals surface area contributed by atoms with Crippen molar-refractivity contribution in [1.82, 2.24) is 14.8 Å². The molecule has 0 unspecified atom stereocenters. The van der Waals surface area contributed by atoms with E-state index in [2.05, 4.69) is 15.4 Å². The summed E-state index contributed by atoms with van der Waals surface area (Å²) in [6.07, 6.45) is -0.382. The third kappa shape index (κ3) is 4.13. The number of nitrogens with one attached hydrogen (secondary N) is 1. The van der Waals surface area contributed by atoms with Crippen molar-refractivity contribution in [3.63, 3.8) is 0 Å². The van der Waals surface area contributed by atoms with Crippen LogP contribution in [0.2, 0.25) is 0 Å². The number of hydrogen-bond donors (Lipinski definition) is 1. The minimum absolute atomic E-state index is 0.0944. The van der Waals surface area contributed by atoms with Gasteiger partial charge in [0.25, 0.3) is 6.43 Å². The fourth-order valence-electron chi connectivity index (χ4n) is 2.61. The summed E-state index contributed by atoms with van der Waals surface area (Å²) in [5.41, 5.74) is 1.35. The topological polar surface area (TPSA) is 76.9 Å². The van der Waals surface area contributed by atoms with Gasteiger partial charge in [0.15, 0.2) is 14.9 Å². The number of hydrogen-bond acceptors (Lipinski definition) is 5. The van der Waals surface area contributed by atoms with Crippen molar-refractivity contribution in [1.29, 1.82) is 0 Å². The van der Waals surface area contributed by atoms with Crippen LogP contribution in [0.25, 0.3) is 5.69 Å². The van der Waals surface area contributed by atoms with E-state index in [1.54, 1.807) is 6.92 Å². The maximum absolute atomic E-state index is 13.3. The van der Waals surface area contributed by atoms with Gasteiger partial charge in [-0.3, -0.25) is 0 Å². The zero-order chi connectivity index (χ0) is 19.6. The predicted octanol–water partition coefficient (Wildman–Crippen LogP) is 3.53. The average molecular weight is 392 g/mol. The summed E-state index contributed by atoms with van der Waals surface area (Å²) in [6.45, 7) is 1.99. The van der Waals surface area contributed by atoms with Crippen molar-refractivity contribution >= 4 is 15.7 Å². The summed E-state index contributed by atoms with van der Waals surface area (Å²) >= 11 is 0. The van der Waals surface area contributed by atoms with E-state index in [4.69, 9.17) is 0 Å². The van der Waals surface area contributed by atoms with E-state index in [-0.39, 0.29) is 10.7 Å². The van der Waals surface area contributed by atoms with Crippen molar-refractivity contribution in [2.75, 3.05) is 11.6 Å². The third-order valence-corrected chi connectivity index (χ3v) is 5.01. The van der Waals surface area contributed by atoms with Gasteiger partial charge in [-0.05, 0) is 24.6 Å². The van der Waals surface area contributed by atoms with Crippen molar-refractivity contribution in [2.24, 2.45) is 0 Å². The van der Waals surface area contributed by atoms with Crippen LogP contribution in [0, 0.1) is 6.92 Å². The molecule has 1 aromatic carbocycles. The molecule has 0 bridgehead atoms. The summed E-state index contributed by atoms with van der Waals surface area (Å²) in [5, 5.41) is 7.04. The molecule has 0 fully saturated rings. The molecule has 1 N–H and O–H groups in total. The molecule has 0 atom stereocenters. The molecule has 0 amide bonds. The van der Waals surface area contributed by atoms with Crippen LogP contribution < -0.4 is 5.32 Å². The molecule has 9 heteroatoms. The van der Waals surface area contributed by atoms with Crippen LogP contribution in [0.1, 0.15) is 23.2 Å². The largest absolute Gasteiger partial charge is 0.366 e. The Morgan fingerprint density at radius 1 is 1.15 bits per heavy atom. The van der Waals surface area contributed by atoms with E-state index in [0.29, 0.717) is 23.6 Å². The van der Waals surface area contributed by atoms with Gasteiger partial charge in [-0.1, -0.05) is 30.3 Å². The number of alkyl halides is 2. The second kappa shape index (κ2) is 7.43. The van der Waals surface area contributed by atoms with Crippen LogP contribution in [0.5, 0.6) is 0 Å². The van der Waals surface area contributed by atoms with Crippen LogP contribution >= 0.6 is 0 Å². The van der Waals surface area contributed by atoms with Crippen LogP contribution in [0.4, 0.5) is 14.6 Å². The van der Waals surface area contributed by atoms with Gasteiger partial charge in [0.1, 0.15) is 11.5 Å². The lowest BCUT2D eigenvalue weighted by Gasteiger charge is -2.11. The molecule has 2 aromatic heterocycles. The first-order chi connectivity index (χ1) is 12.8. The summed E-state index contributed by atoms with van der Waals surface area (Å²) in [5.74, 6) is 0.406. The van der Waals surface area contributed by atoms with E-state index in [0.717, 1.165) is 11.8 Å². The van der Waals surface area contributed by atoms with Gasteiger partial charge in [-0.15, -0.1) is 0 Å². The number of sulfone groups is 1. The highest BCUT2D eigenvalue weighted by atomic mass is 32.2. The molecular formula is C18H18F2N4O2S. The lowest BCUT2D eigenvalue weighted by atomic mass is 10.2. The summed E-state index contributed by atoms with van der Waals surface area (Å²) in [7, 11) is -3.45. The molecule has 27 heavy (non-hydrogen) atoms. The first kappa shape index (κ1) is 19.0. The fraction of sp³-hybridized carbons (Fsp3) is 0.222. The average Bonchev–Trinajstić information content (AvgIpc) is 2.97. The van der Waals surface area contributed by atoms with Crippen LogP contribution in [0.3, 0.4) is 0 Å². The summed E-state index contributed by atoms with van der Waals surface area (Å²) in [4.78, 5) is 3.91. The van der Waals surface area contributed by atoms with E-state index < -0.39 is 16.3 Å². The van der Waals surface area contributed by atoms with Gasteiger partial charge in [-0.2, -0.15) is 5.10 Å². The zero-order valence-electron chi connectivity index (χ0n) is 14.7. The minimum Gasteiger partial charge on any atom is -0.366 e. The van der Waals surface area contributed by atoms with Crippen molar-refractivity contribution in [2.45, 2.75) is 24.9 Å². The van der Waals surface area contributed by atoms with Crippen molar-refractivity contribution < 1.29 is 17.2 Å². The summed E-state index contributed by atoms with van der Waals surface area (Å²) in [6, 6.07) is 12.3. The Morgan fingerprint density at radius 3 is 2.41 bits per heavy atom. The van der Waals surface area contributed by atoms with Gasteiger partial charge in [0.05, 0.1) is 11.9 Å². The quantitative estimate of drug-likeness (QED) is 0.694. The standard InChI is InChI=1S/C18H18F2N4O2S/c1-12-16(17(19)20)23-24(14-8-9-15(21-11-14)27(2,25)26)18(12)22-10-13-6-4-3-5-7-13/h3-9,11,17,22H,10H2,1-2H3. The molecule has 2 heterocycles. The predicted molar refractivity (Wildman–Crippen MR) is 97.9 cm³/mol. The fourth-order valence-corrected chi connectivity index (χ4v) is 3.17. The van der Waals surface area contributed by atoms with Crippen molar-refractivity contribution in [3.8, 4) is 5.69 Å². The van der Waals surface area contributed by atoms with Crippen LogP contribution in [0.15, 0.2) is 53.7 Å². The maximum atomic E-state index is 13.3. The Kier molecular flexibility index (Phi) is 5.22. The third-order valence-electron chi connectivity index (χ3n) is 4.01. The molecule has 3 aromatic rings. The van der Waals surface area contributed by atoms with E-state index in [9.17, 15) is 17.2 Å². The van der Waals surface area contributed by atoms with Crippen LogP contribution in [-0.4, -0.2) is 29.4 Å². The highest BCUT2D eigenvalue weighted by molar-refractivity contribution is 7.90. The lowest BCUT2D eigenvalue weighted by molar-refractivity contribution is 0.145. The SMILES string of the molecule is Cc1c(C(F)F)nn(-c2ccc(S(C)(=O)=O)nc2)c1NCc1ccccc1. The first-order valence-electron chi connectivity index (χ1n) is 8.09. The van der Waals surface area contributed by atoms with Gasteiger partial charge < -0.3 is 5.32 Å². The molecule has 6 nitrogen and oxygen atoms in total. The Hall–Kier alpha value is -2.81. The van der Waals surface area contributed by atoms with E-state index in [1.807, 2.05) is 30.3 Å². The number of anilines is 1. The smallest absolute Gasteiger partial charge is 0.282 e. The normalized spacial score (nSPS) is 11.7. The number of nitrogens with zero attached hydrogens (tertiary/aromatic N) is 3. The monoisotopic (exact) mass is 392 g/mol. The Labute approximate surface area is 155 Å². The van der Waals surface area contributed by atoms with Crippen LogP contribution in [-0.2, 0) is 16.4 Å². The van der Waals surface area contributed by atoms with Gasteiger partial charge in [0, 0.05) is 18.4 Å². The highest BCUT2D eigenvalue weighted by Gasteiger charge is 2.22. The molecule has 142 valence electrons. The minimum atomic E-state index is -3.45. The number of benzene rings is 1. The molecule has 0 saturated carbocycles. The van der Waals surface area contributed by atoms with Gasteiger partial charge >= 0.3 is 0 Å².